The quantitative estimate of drug-likeness (QED) is 0.634. The molecule has 0 atom stereocenters. The molecule has 7 heteroatoms. The minimum Gasteiger partial charge on any atom is -0.495 e. The Morgan fingerprint density at radius 1 is 1.15 bits per heavy atom. The van der Waals surface area contributed by atoms with Crippen LogP contribution >= 0.6 is 11.6 Å². The molecule has 0 fully saturated rings. The van der Waals surface area contributed by atoms with Crippen LogP contribution in [0.15, 0.2) is 54.7 Å². The number of nitrogens with zero attached hydrogens (tertiary/aromatic N) is 1. The first kappa shape index (κ1) is 18.7. The van der Waals surface area contributed by atoms with Crippen LogP contribution in [0.1, 0.15) is 16.1 Å². The van der Waals surface area contributed by atoms with E-state index in [0.717, 1.165) is 5.56 Å². The molecule has 2 aromatic carbocycles. The topological polar surface area (TPSA) is 63.2 Å². The number of carbonyl (C=O) groups excluding carboxylic acids is 1. The number of hydrogen-bond acceptors (Lipinski definition) is 4. The second kappa shape index (κ2) is 8.05. The highest BCUT2D eigenvalue weighted by atomic mass is 35.5. The van der Waals surface area contributed by atoms with Gasteiger partial charge in [0.05, 0.1) is 18.5 Å². The van der Waals surface area contributed by atoms with Gasteiger partial charge in [-0.3, -0.25) is 9.78 Å². The molecule has 1 heterocycles. The van der Waals surface area contributed by atoms with Crippen LogP contribution in [-0.2, 0) is 0 Å². The molecule has 1 amide bonds. The maximum Gasteiger partial charge on any atom is 0.274 e. The van der Waals surface area contributed by atoms with Crippen molar-refractivity contribution in [3.05, 3.63) is 76.8 Å². The van der Waals surface area contributed by atoms with E-state index in [-0.39, 0.29) is 11.4 Å². The van der Waals surface area contributed by atoms with Crippen molar-refractivity contribution in [1.82, 2.24) is 4.98 Å². The zero-order valence-electron chi connectivity index (χ0n) is 14.7. The lowest BCUT2D eigenvalue weighted by Gasteiger charge is -2.14. The zero-order valence-corrected chi connectivity index (χ0v) is 15.5. The third-order valence-corrected chi connectivity index (χ3v) is 4.28. The van der Waals surface area contributed by atoms with Gasteiger partial charge in [-0.25, -0.2) is 4.39 Å². The maximum absolute atomic E-state index is 13.7. The second-order valence-corrected chi connectivity index (χ2v) is 6.20. The Hall–Kier alpha value is -3.12. The molecular formula is C20H17ClFN3O2. The average molecular weight is 386 g/mol. The summed E-state index contributed by atoms with van der Waals surface area (Å²) >= 11 is 6.12. The predicted octanol–water partition coefficient (Wildman–Crippen LogP) is 5.19. The van der Waals surface area contributed by atoms with Crippen molar-refractivity contribution in [2.75, 3.05) is 17.7 Å². The van der Waals surface area contributed by atoms with E-state index in [0.29, 0.717) is 22.1 Å². The standard InChI is InChI=1S/C20H17ClFN3O2/c1-12-9-17(19(27-2)11-14(12)21)24-13-7-8-23-18(10-13)20(26)25-16-6-4-3-5-15(16)22/h3-11H,1-2H3,(H,23,24)(H,25,26). The van der Waals surface area contributed by atoms with Crippen molar-refractivity contribution in [2.45, 2.75) is 6.92 Å². The van der Waals surface area contributed by atoms with Gasteiger partial charge in [-0.15, -0.1) is 0 Å². The number of pyridine rings is 1. The monoisotopic (exact) mass is 385 g/mol. The van der Waals surface area contributed by atoms with Gasteiger partial charge in [0.1, 0.15) is 17.3 Å². The van der Waals surface area contributed by atoms with Gasteiger partial charge < -0.3 is 15.4 Å². The number of aryl methyl sites for hydroxylation is 1. The summed E-state index contributed by atoms with van der Waals surface area (Å²) in [5.41, 5.74) is 2.45. The summed E-state index contributed by atoms with van der Waals surface area (Å²) in [6.07, 6.45) is 1.49. The highest BCUT2D eigenvalue weighted by molar-refractivity contribution is 6.31. The van der Waals surface area contributed by atoms with Crippen LogP contribution in [0.5, 0.6) is 5.75 Å². The lowest BCUT2D eigenvalue weighted by molar-refractivity contribution is 0.102. The number of para-hydroxylation sites is 1. The van der Waals surface area contributed by atoms with E-state index >= 15 is 0 Å². The van der Waals surface area contributed by atoms with Gasteiger partial charge in [-0.05, 0) is 42.8 Å². The Kier molecular flexibility index (Phi) is 5.57. The molecule has 0 bridgehead atoms. The molecule has 0 spiro atoms. The number of rotatable bonds is 5. The number of hydrogen-bond donors (Lipinski definition) is 2. The van der Waals surface area contributed by atoms with E-state index in [1.807, 2.05) is 13.0 Å². The molecular weight excluding hydrogens is 369 g/mol. The van der Waals surface area contributed by atoms with Gasteiger partial charge in [0.15, 0.2) is 0 Å². The fraction of sp³-hybridized carbons (Fsp3) is 0.100. The van der Waals surface area contributed by atoms with Crippen molar-refractivity contribution in [2.24, 2.45) is 0 Å². The maximum atomic E-state index is 13.7. The Labute approximate surface area is 161 Å². The molecule has 0 aliphatic carbocycles. The number of aromatic nitrogens is 1. The summed E-state index contributed by atoms with van der Waals surface area (Å²) < 4.78 is 19.1. The molecule has 138 valence electrons. The van der Waals surface area contributed by atoms with Gasteiger partial charge in [0.25, 0.3) is 5.91 Å². The highest BCUT2D eigenvalue weighted by Crippen LogP contribution is 2.33. The predicted molar refractivity (Wildman–Crippen MR) is 105 cm³/mol. The number of halogens is 2. The Morgan fingerprint density at radius 3 is 2.67 bits per heavy atom. The summed E-state index contributed by atoms with van der Waals surface area (Å²) in [5, 5.41) is 6.29. The van der Waals surface area contributed by atoms with Crippen molar-refractivity contribution in [3.8, 4) is 5.75 Å². The van der Waals surface area contributed by atoms with E-state index in [4.69, 9.17) is 16.3 Å². The Balaban J connectivity index is 1.83. The average Bonchev–Trinajstić information content (AvgIpc) is 2.66. The smallest absolute Gasteiger partial charge is 0.274 e. The fourth-order valence-corrected chi connectivity index (χ4v) is 2.62. The van der Waals surface area contributed by atoms with Crippen LogP contribution < -0.4 is 15.4 Å². The molecule has 3 aromatic rings. The van der Waals surface area contributed by atoms with Gasteiger partial charge in [-0.1, -0.05) is 23.7 Å². The second-order valence-electron chi connectivity index (χ2n) is 5.79. The number of carbonyl (C=O) groups is 1. The lowest BCUT2D eigenvalue weighted by Crippen LogP contribution is -2.14. The first-order chi connectivity index (χ1) is 13.0. The van der Waals surface area contributed by atoms with Gasteiger partial charge in [0.2, 0.25) is 0 Å². The van der Waals surface area contributed by atoms with Crippen molar-refractivity contribution >= 4 is 34.6 Å². The summed E-state index contributed by atoms with van der Waals surface area (Å²) in [7, 11) is 1.55. The van der Waals surface area contributed by atoms with E-state index < -0.39 is 11.7 Å². The molecule has 3 rings (SSSR count). The van der Waals surface area contributed by atoms with Crippen LogP contribution in [0, 0.1) is 12.7 Å². The van der Waals surface area contributed by atoms with Crippen LogP contribution in [0.4, 0.5) is 21.5 Å². The molecule has 0 saturated heterocycles. The third-order valence-electron chi connectivity index (χ3n) is 3.87. The number of anilines is 3. The van der Waals surface area contributed by atoms with Crippen molar-refractivity contribution in [3.63, 3.8) is 0 Å². The largest absolute Gasteiger partial charge is 0.495 e. The molecule has 1 aromatic heterocycles. The normalized spacial score (nSPS) is 10.4. The first-order valence-electron chi connectivity index (χ1n) is 8.11. The van der Waals surface area contributed by atoms with Crippen LogP contribution in [-0.4, -0.2) is 18.0 Å². The molecule has 0 saturated carbocycles. The fourth-order valence-electron chi connectivity index (χ4n) is 2.47. The summed E-state index contributed by atoms with van der Waals surface area (Å²) in [4.78, 5) is 16.4. The summed E-state index contributed by atoms with van der Waals surface area (Å²) in [6.45, 7) is 1.88. The molecule has 27 heavy (non-hydrogen) atoms. The van der Waals surface area contributed by atoms with E-state index in [1.54, 1.807) is 37.4 Å². The van der Waals surface area contributed by atoms with Crippen LogP contribution in [0.3, 0.4) is 0 Å². The number of benzene rings is 2. The summed E-state index contributed by atoms with van der Waals surface area (Å²) in [5.74, 6) is -0.454. The van der Waals surface area contributed by atoms with Crippen molar-refractivity contribution in [1.29, 1.82) is 0 Å². The minimum absolute atomic E-state index is 0.0951. The highest BCUT2D eigenvalue weighted by Gasteiger charge is 2.12. The molecule has 0 radical (unpaired) electrons. The van der Waals surface area contributed by atoms with Gasteiger partial charge in [-0.2, -0.15) is 0 Å². The van der Waals surface area contributed by atoms with Crippen LogP contribution in [0.2, 0.25) is 5.02 Å². The lowest BCUT2D eigenvalue weighted by atomic mass is 10.2. The van der Waals surface area contributed by atoms with Crippen LogP contribution in [0.25, 0.3) is 0 Å². The van der Waals surface area contributed by atoms with Crippen molar-refractivity contribution < 1.29 is 13.9 Å². The van der Waals surface area contributed by atoms with Gasteiger partial charge >= 0.3 is 0 Å². The number of methoxy groups -OCH3 is 1. The minimum atomic E-state index is -0.512. The summed E-state index contributed by atoms with van der Waals surface area (Å²) in [6, 6.07) is 12.8. The van der Waals surface area contributed by atoms with E-state index in [9.17, 15) is 9.18 Å². The molecule has 5 nitrogen and oxygen atoms in total. The third kappa shape index (κ3) is 4.35. The number of ether oxygens (including phenoxy) is 1. The molecule has 0 aliphatic heterocycles. The number of nitrogens with one attached hydrogen (secondary N) is 2. The Morgan fingerprint density at radius 2 is 1.93 bits per heavy atom. The molecule has 2 N–H and O–H groups in total. The Bertz CT molecular complexity index is 995. The number of amides is 1. The molecule has 0 unspecified atom stereocenters. The van der Waals surface area contributed by atoms with E-state index in [2.05, 4.69) is 15.6 Å². The van der Waals surface area contributed by atoms with E-state index in [1.165, 1.54) is 18.3 Å². The SMILES string of the molecule is COc1cc(Cl)c(C)cc1Nc1ccnc(C(=O)Nc2ccccc2F)c1. The molecule has 0 aliphatic rings. The zero-order chi connectivity index (χ0) is 19.4. The first-order valence-corrected chi connectivity index (χ1v) is 8.49. The van der Waals surface area contributed by atoms with Gasteiger partial charge in [0, 0.05) is 23.0 Å².